The van der Waals surface area contributed by atoms with Crippen LogP contribution in [0.25, 0.3) is 0 Å². The molecular weight excluding hydrogens is 1730 g/mol. The molecule has 0 saturated carbocycles. The summed E-state index contributed by atoms with van der Waals surface area (Å²) < 4.78 is 36.1. The maximum atomic E-state index is 8.34. The molecule has 12 nitrogen and oxygen atoms in total. The topological polar surface area (TPSA) is 50.9 Å². The smallest absolute Gasteiger partial charge is 0.0598 e. The molecule has 0 N–H and O–H groups in total. The first kappa shape index (κ1) is 128. The summed E-state index contributed by atoms with van der Waals surface area (Å²) in [6, 6.07) is 48.1. The maximum absolute atomic E-state index is 8.34. The molecule has 12 heteroatoms. The van der Waals surface area contributed by atoms with Gasteiger partial charge in [0.25, 0.3) is 0 Å². The van der Waals surface area contributed by atoms with Crippen LogP contribution in [0.5, 0.6) is 0 Å². The van der Waals surface area contributed by atoms with Gasteiger partial charge in [0.1, 0.15) is 0 Å². The molecule has 0 bridgehead atoms. The summed E-state index contributed by atoms with van der Waals surface area (Å²) in [4.78, 5) is 25.6. The fourth-order valence-corrected chi connectivity index (χ4v) is 23.3. The van der Waals surface area contributed by atoms with E-state index < -0.39 is 17.9 Å². The van der Waals surface area contributed by atoms with E-state index in [1.54, 1.807) is 6.07 Å². The number of hydrogen-bond acceptors (Lipinski definition) is 12. The number of benzene rings is 6. The van der Waals surface area contributed by atoms with Crippen LogP contribution in [0.2, 0.25) is 0 Å². The van der Waals surface area contributed by atoms with Crippen molar-refractivity contribution in [2.75, 3.05) is 69.8 Å². The van der Waals surface area contributed by atoms with Crippen molar-refractivity contribution >= 4 is 34.1 Å². The number of nitrogens with zero attached hydrogens (tertiary/aromatic N) is 10. The fourth-order valence-electron chi connectivity index (χ4n) is 23.3. The minimum atomic E-state index is -2.21. The Morgan fingerprint density at radius 2 is 0.401 bits per heavy atom. The van der Waals surface area contributed by atoms with E-state index in [-0.39, 0.29) is 88.7 Å². The second-order valence-electron chi connectivity index (χ2n) is 58.0. The zero-order valence-electron chi connectivity index (χ0n) is 109. The summed E-state index contributed by atoms with van der Waals surface area (Å²) >= 11 is 0. The van der Waals surface area contributed by atoms with Gasteiger partial charge in [-0.05, 0) is 552 Å². The zero-order chi connectivity index (χ0) is 115. The lowest BCUT2D eigenvalue weighted by Gasteiger charge is -2.63. The third-order valence-electron chi connectivity index (χ3n) is 30.2. The molecule has 0 saturated heterocycles. The van der Waals surface area contributed by atoms with Crippen LogP contribution in [0.15, 0.2) is 133 Å². The summed E-state index contributed by atoms with van der Waals surface area (Å²) in [5.74, 6) is 0. The number of anilines is 6. The van der Waals surface area contributed by atoms with Gasteiger partial charge in [-0.25, -0.2) is 0 Å². The predicted molar refractivity (Wildman–Crippen MR) is 641 cm³/mol. The highest BCUT2D eigenvalue weighted by Crippen LogP contribution is 2.53. The first-order chi connectivity index (χ1) is 64.2. The van der Waals surface area contributed by atoms with Crippen LogP contribution in [-0.2, 0) is 9.47 Å². The van der Waals surface area contributed by atoms with Crippen molar-refractivity contribution in [3.63, 3.8) is 0 Å². The average Bonchev–Trinajstić information content (AvgIpc) is 0.734. The normalized spacial score (nSPS) is 14.1. The first-order valence-electron chi connectivity index (χ1n) is 55.8. The molecule has 142 heavy (non-hydrogen) atoms. The molecule has 0 amide bonds. The van der Waals surface area contributed by atoms with Crippen LogP contribution in [-0.4, -0.2) is 183 Å². The molecule has 0 atom stereocenters. The van der Waals surface area contributed by atoms with Crippen molar-refractivity contribution < 1.29 is 13.6 Å². The van der Waals surface area contributed by atoms with Gasteiger partial charge in [-0.3, -0.25) is 9.80 Å². The molecular formula is C130H234N10O2. The Labute approximate surface area is 888 Å². The Balaban J connectivity index is 0.000000896. The van der Waals surface area contributed by atoms with Gasteiger partial charge in [0.2, 0.25) is 0 Å². The van der Waals surface area contributed by atoms with Crippen LogP contribution in [0.4, 0.5) is 34.1 Å². The quantitative estimate of drug-likeness (QED) is 0.0440. The highest BCUT2D eigenvalue weighted by atomic mass is 16.5. The Bertz CT molecular complexity index is 4580. The number of hydrogen-bond donors (Lipinski definition) is 0. The van der Waals surface area contributed by atoms with Crippen LogP contribution >= 0.6 is 0 Å². The predicted octanol–water partition coefficient (Wildman–Crippen LogP) is 35.3. The van der Waals surface area contributed by atoms with Gasteiger partial charge in [0.15, 0.2) is 0 Å². The first-order valence-corrected chi connectivity index (χ1v) is 54.3. The maximum Gasteiger partial charge on any atom is 0.0598 e. The molecule has 0 aliphatic carbocycles. The second kappa shape index (κ2) is 49.1. The highest BCUT2D eigenvalue weighted by molar-refractivity contribution is 5.70. The Hall–Kier alpha value is -6.12. The van der Waals surface area contributed by atoms with Crippen molar-refractivity contribution in [3.05, 3.63) is 178 Å². The van der Waals surface area contributed by atoms with Gasteiger partial charge in [-0.1, -0.05) is 109 Å². The van der Waals surface area contributed by atoms with Crippen LogP contribution in [0, 0.1) is 55.3 Å². The summed E-state index contributed by atoms with van der Waals surface area (Å²) in [5, 5.41) is 0. The SMILES string of the molecule is CC(C)(C)N(c1ccccc1)C(C)(C)C(C)(C)N(c1ccccc1)C(C)(C)C.CC(C)(C)OCCCOC(C)(C)C.CC(C)N(C(C)(C)C)C(C)(C)C(C)(C)N(C(C)C)C(C)(C)C.CN(CCCN(C)C(C)(C)C)C(C)(C)C.Cc1cccc(C)c1N(C(C)(C)C)C(C)(C)C(C)(C)N(c1c(C)cccc1C)C(C)(C)C.[2H]C([2H])([2H])c1cccc(C)c1N(C(C)(C)C)C(C)(C)C(C)(C)N(c1c(C)cccc1C)C(C)(C)C. The molecule has 0 aliphatic heterocycles. The molecule has 0 radical (unpaired) electrons. The molecule has 6 aromatic carbocycles. The van der Waals surface area contributed by atoms with Gasteiger partial charge in [-0.15, -0.1) is 0 Å². The van der Waals surface area contributed by atoms with Crippen molar-refractivity contribution in [1.29, 1.82) is 0 Å². The zero-order valence-corrected chi connectivity index (χ0v) is 106. The molecule has 0 aliphatic rings. The third-order valence-corrected chi connectivity index (χ3v) is 30.2. The van der Waals surface area contributed by atoms with Gasteiger partial charge in [0.05, 0.1) is 44.4 Å². The minimum Gasteiger partial charge on any atom is -0.376 e. The lowest BCUT2D eigenvalue weighted by Crippen LogP contribution is -2.73. The molecule has 0 unspecified atom stereocenters. The Morgan fingerprint density at radius 1 is 0.218 bits per heavy atom. The van der Waals surface area contributed by atoms with Gasteiger partial charge in [0, 0.05) is 130 Å². The standard InChI is InChI=1S/2C30H48N2.C26H40N2.C20H44N2.C13H30N2.C11H24O2/c2*1-21-17-15-18-22(2)25(21)31(27(5,6)7)29(11,12)30(13,14)32(28(8,9)10)26-23(3)19-16-20-24(26)4;1-23(2,3)27(21-17-13-11-14-18-21)25(7,8)26(9,10)28(24(4,5)6)22-19-15-12-16-20-22;1-15(2)21(17(5,6)7)19(11,12)20(13,14)22(16(3)4)18(8,9)10;1-12(2,3)14(7)10-9-11-15(8)13(4,5)6;1-10(2,3)12-8-7-9-13-11(4,5)6/h2*15-20H,1-14H3;11-20H,1-10H3;15-16H,1-14H3;9-11H2,1-8H3;7-9H2,1-6H3/i1D3;;;;;. The Morgan fingerprint density at radius 3 is 0.563 bits per heavy atom. The molecule has 0 spiro atoms. The minimum absolute atomic E-state index is 0.0254. The molecule has 6 aromatic rings. The van der Waals surface area contributed by atoms with E-state index >= 15 is 0 Å². The number of para-hydroxylation sites is 6. The largest absolute Gasteiger partial charge is 0.376 e. The molecule has 0 fully saturated rings. The second-order valence-corrected chi connectivity index (χ2v) is 58.0. The average molecular weight is 1970 g/mol. The van der Waals surface area contributed by atoms with E-state index in [9.17, 15) is 0 Å². The van der Waals surface area contributed by atoms with Crippen LogP contribution in [0.3, 0.4) is 0 Å². The van der Waals surface area contributed by atoms with Crippen molar-refractivity contribution in [2.45, 2.75) is 579 Å². The van der Waals surface area contributed by atoms with E-state index in [1.807, 2.05) is 19.1 Å². The van der Waals surface area contributed by atoms with E-state index in [0.29, 0.717) is 28.7 Å². The van der Waals surface area contributed by atoms with Crippen molar-refractivity contribution in [1.82, 2.24) is 19.6 Å². The molecule has 6 rings (SSSR count). The van der Waals surface area contributed by atoms with E-state index in [2.05, 4.69) is 608 Å². The lowest BCUT2D eigenvalue weighted by molar-refractivity contribution is -0.127. The van der Waals surface area contributed by atoms with E-state index in [4.69, 9.17) is 13.6 Å². The van der Waals surface area contributed by atoms with Crippen molar-refractivity contribution in [2.24, 2.45) is 0 Å². The molecule has 0 heterocycles. The van der Waals surface area contributed by atoms with Gasteiger partial charge >= 0.3 is 0 Å². The summed E-state index contributed by atoms with van der Waals surface area (Å²) in [6.07, 6.45) is 2.20. The lowest BCUT2D eigenvalue weighted by atomic mass is 9.73. The summed E-state index contributed by atoms with van der Waals surface area (Å²) in [6.45, 7) is 146. The van der Waals surface area contributed by atoms with Crippen LogP contribution < -0.4 is 29.4 Å². The monoisotopic (exact) mass is 1970 g/mol. The van der Waals surface area contributed by atoms with Crippen LogP contribution in [0.1, 0.15) is 449 Å². The Kier molecular flexibility index (Phi) is 44.3. The van der Waals surface area contributed by atoms with Gasteiger partial charge in [-0.2, -0.15) is 0 Å². The third kappa shape index (κ3) is 35.5. The fraction of sp³-hybridized carbons (Fsp3) is 0.723. The number of rotatable bonds is 28. The summed E-state index contributed by atoms with van der Waals surface area (Å²) in [5.41, 5.74) is 15.1. The number of aryl methyl sites for hydroxylation is 8. The van der Waals surface area contributed by atoms with Crippen molar-refractivity contribution in [3.8, 4) is 0 Å². The van der Waals surface area contributed by atoms with Gasteiger partial charge < -0.3 is 48.7 Å². The van der Waals surface area contributed by atoms with E-state index in [0.717, 1.165) is 30.9 Å². The highest BCUT2D eigenvalue weighted by Gasteiger charge is 2.58. The molecule has 0 aromatic heterocycles. The summed E-state index contributed by atoms with van der Waals surface area (Å²) in [7, 11) is 4.41. The number of ether oxygens (including phenoxy) is 2. The molecule has 816 valence electrons. The van der Waals surface area contributed by atoms with E-state index in [1.165, 1.54) is 81.3 Å².